The minimum Gasteiger partial charge on any atom is -0.317 e. The van der Waals surface area contributed by atoms with E-state index in [0.29, 0.717) is 5.01 Å². The van der Waals surface area contributed by atoms with Gasteiger partial charge in [0.1, 0.15) is 0 Å². The molecule has 2 aromatic heterocycles. The van der Waals surface area contributed by atoms with Crippen LogP contribution < -0.4 is 10.2 Å². The van der Waals surface area contributed by atoms with Crippen LogP contribution in [0.25, 0.3) is 0 Å². The van der Waals surface area contributed by atoms with Gasteiger partial charge in [0.05, 0.1) is 11.9 Å². The zero-order valence-electron chi connectivity index (χ0n) is 11.1. The Balaban J connectivity index is 1.89. The molecule has 1 atom stereocenters. The summed E-state index contributed by atoms with van der Waals surface area (Å²) in [6.07, 6.45) is 8.15. The molecule has 3 rings (SSSR count). The Labute approximate surface area is 121 Å². The third kappa shape index (κ3) is 2.73. The number of carbonyl (C=O) groups excluding carboxylic acids is 1. The second-order valence-electron chi connectivity index (χ2n) is 4.80. The van der Waals surface area contributed by atoms with Crippen LogP contribution in [0, 0.1) is 0 Å². The molecule has 6 nitrogen and oxygen atoms in total. The van der Waals surface area contributed by atoms with Crippen molar-refractivity contribution in [1.29, 1.82) is 0 Å². The van der Waals surface area contributed by atoms with Crippen molar-refractivity contribution in [3.05, 3.63) is 29.0 Å². The summed E-state index contributed by atoms with van der Waals surface area (Å²) >= 11 is 1.38. The van der Waals surface area contributed by atoms with Crippen LogP contribution in [-0.2, 0) is 0 Å². The fourth-order valence-electron chi connectivity index (χ4n) is 2.56. The van der Waals surface area contributed by atoms with Gasteiger partial charge in [0, 0.05) is 23.8 Å². The van der Waals surface area contributed by atoms with Crippen LogP contribution in [0.15, 0.2) is 24.0 Å². The predicted octanol–water partition coefficient (Wildman–Crippen LogP) is 1.66. The van der Waals surface area contributed by atoms with E-state index in [1.54, 1.807) is 18.6 Å². The highest BCUT2D eigenvalue weighted by molar-refractivity contribution is 7.11. The highest BCUT2D eigenvalue weighted by Crippen LogP contribution is 2.24. The summed E-state index contributed by atoms with van der Waals surface area (Å²) in [5.41, 5.74) is 0.817. The third-order valence-corrected chi connectivity index (χ3v) is 4.27. The Hall–Kier alpha value is -1.73. The molecule has 0 bridgehead atoms. The van der Waals surface area contributed by atoms with Gasteiger partial charge in [-0.2, -0.15) is 5.10 Å². The second kappa shape index (κ2) is 6.15. The maximum absolute atomic E-state index is 12.7. The predicted molar refractivity (Wildman–Crippen MR) is 78.0 cm³/mol. The number of thiazole rings is 1. The molecule has 2 N–H and O–H groups in total. The molecule has 0 spiro atoms. The first-order valence-corrected chi connectivity index (χ1v) is 7.67. The molecule has 0 aliphatic carbocycles. The van der Waals surface area contributed by atoms with Gasteiger partial charge in [-0.1, -0.05) is 0 Å². The fraction of sp³-hybridized carbons (Fsp3) is 0.462. The monoisotopic (exact) mass is 291 g/mol. The number of hydrogen-bond acceptors (Lipinski definition) is 5. The highest BCUT2D eigenvalue weighted by atomic mass is 32.1. The number of aromatic nitrogens is 3. The number of rotatable bonds is 3. The van der Waals surface area contributed by atoms with Crippen molar-refractivity contribution >= 4 is 22.9 Å². The maximum atomic E-state index is 12.7. The molecule has 3 heterocycles. The van der Waals surface area contributed by atoms with Gasteiger partial charge in [-0.15, -0.1) is 11.3 Å². The highest BCUT2D eigenvalue weighted by Gasteiger charge is 2.28. The lowest BCUT2D eigenvalue weighted by Gasteiger charge is -2.29. The Bertz CT molecular complexity index is 531. The number of hydrogen-bond donors (Lipinski definition) is 2. The molecule has 2 aromatic rings. The molecular weight excluding hydrogens is 274 g/mol. The van der Waals surface area contributed by atoms with Crippen LogP contribution in [0.4, 0.5) is 5.69 Å². The lowest BCUT2D eigenvalue weighted by atomic mass is 10.1. The normalized spacial score (nSPS) is 19.5. The molecule has 0 radical (unpaired) electrons. The average Bonchev–Trinajstić information content (AvgIpc) is 3.10. The van der Waals surface area contributed by atoms with Gasteiger partial charge in [0.25, 0.3) is 5.91 Å². The van der Waals surface area contributed by atoms with Gasteiger partial charge in [-0.05, 0) is 32.4 Å². The van der Waals surface area contributed by atoms with E-state index >= 15 is 0 Å². The summed E-state index contributed by atoms with van der Waals surface area (Å²) in [4.78, 5) is 18.7. The maximum Gasteiger partial charge on any atom is 0.287 e. The van der Waals surface area contributed by atoms with Crippen LogP contribution in [0.2, 0.25) is 0 Å². The van der Waals surface area contributed by atoms with Crippen molar-refractivity contribution in [3.8, 4) is 0 Å². The lowest BCUT2D eigenvalue weighted by Crippen LogP contribution is -2.41. The van der Waals surface area contributed by atoms with Crippen molar-refractivity contribution in [2.24, 2.45) is 0 Å². The van der Waals surface area contributed by atoms with E-state index in [4.69, 9.17) is 0 Å². The number of nitrogens with one attached hydrogen (secondary N) is 2. The standard InChI is InChI=1S/C13H17N5OS/c19-13(12-15-6-7-20-12)18(11-8-16-17-9-11)10-2-1-4-14-5-3-10/h6-10,14H,1-5H2,(H,16,17). The van der Waals surface area contributed by atoms with E-state index in [0.717, 1.165) is 38.0 Å². The van der Waals surface area contributed by atoms with Gasteiger partial charge < -0.3 is 10.2 Å². The van der Waals surface area contributed by atoms with Gasteiger partial charge in [-0.3, -0.25) is 9.89 Å². The summed E-state index contributed by atoms with van der Waals surface area (Å²) in [6, 6.07) is 0.194. The molecular formula is C13H17N5OS. The molecule has 1 aliphatic heterocycles. The summed E-state index contributed by atoms with van der Waals surface area (Å²) < 4.78 is 0. The zero-order chi connectivity index (χ0) is 13.8. The number of H-pyrrole nitrogens is 1. The Morgan fingerprint density at radius 1 is 1.40 bits per heavy atom. The molecule has 106 valence electrons. The minimum absolute atomic E-state index is 0.0340. The second-order valence-corrected chi connectivity index (χ2v) is 5.70. The van der Waals surface area contributed by atoms with Gasteiger partial charge in [0.15, 0.2) is 5.01 Å². The molecule has 0 saturated carbocycles. The topological polar surface area (TPSA) is 73.9 Å². The van der Waals surface area contributed by atoms with E-state index < -0.39 is 0 Å². The summed E-state index contributed by atoms with van der Waals surface area (Å²) in [7, 11) is 0. The molecule has 1 fully saturated rings. The van der Waals surface area contributed by atoms with Crippen molar-refractivity contribution in [1.82, 2.24) is 20.5 Å². The third-order valence-electron chi connectivity index (χ3n) is 3.51. The van der Waals surface area contributed by atoms with Crippen molar-refractivity contribution in [3.63, 3.8) is 0 Å². The van der Waals surface area contributed by atoms with Crippen molar-refractivity contribution in [2.45, 2.75) is 25.3 Å². The van der Waals surface area contributed by atoms with Crippen LogP contribution in [0.3, 0.4) is 0 Å². The first-order chi connectivity index (χ1) is 9.86. The number of carbonyl (C=O) groups is 1. The number of anilines is 1. The van der Waals surface area contributed by atoms with Crippen molar-refractivity contribution in [2.75, 3.05) is 18.0 Å². The van der Waals surface area contributed by atoms with E-state index in [2.05, 4.69) is 20.5 Å². The molecule has 0 aromatic carbocycles. The Kier molecular flexibility index (Phi) is 4.08. The number of amides is 1. The quantitative estimate of drug-likeness (QED) is 0.902. The van der Waals surface area contributed by atoms with Crippen LogP contribution in [-0.4, -0.2) is 40.2 Å². The molecule has 1 amide bonds. The largest absolute Gasteiger partial charge is 0.317 e. The first kappa shape index (κ1) is 13.3. The summed E-state index contributed by atoms with van der Waals surface area (Å²) in [6.45, 7) is 1.95. The summed E-state index contributed by atoms with van der Waals surface area (Å²) in [5, 5.41) is 12.5. The first-order valence-electron chi connectivity index (χ1n) is 6.79. The minimum atomic E-state index is -0.0340. The van der Waals surface area contributed by atoms with Crippen LogP contribution in [0.1, 0.15) is 29.1 Å². The van der Waals surface area contributed by atoms with E-state index in [1.807, 2.05) is 10.3 Å². The van der Waals surface area contributed by atoms with Crippen LogP contribution >= 0.6 is 11.3 Å². The molecule has 1 aliphatic rings. The molecule has 1 saturated heterocycles. The number of aromatic amines is 1. The van der Waals surface area contributed by atoms with Gasteiger partial charge in [0.2, 0.25) is 0 Å². The smallest absolute Gasteiger partial charge is 0.287 e. The van der Waals surface area contributed by atoms with Gasteiger partial charge in [-0.25, -0.2) is 4.98 Å². The van der Waals surface area contributed by atoms with Gasteiger partial charge >= 0.3 is 0 Å². The fourth-order valence-corrected chi connectivity index (χ4v) is 3.13. The Morgan fingerprint density at radius 3 is 3.10 bits per heavy atom. The lowest BCUT2D eigenvalue weighted by molar-refractivity contribution is 0.0974. The average molecular weight is 291 g/mol. The molecule has 7 heteroatoms. The zero-order valence-corrected chi connectivity index (χ0v) is 11.9. The Morgan fingerprint density at radius 2 is 2.35 bits per heavy atom. The van der Waals surface area contributed by atoms with E-state index in [9.17, 15) is 4.79 Å². The van der Waals surface area contributed by atoms with Crippen molar-refractivity contribution < 1.29 is 4.79 Å². The summed E-state index contributed by atoms with van der Waals surface area (Å²) in [5.74, 6) is -0.0340. The number of nitrogens with zero attached hydrogens (tertiary/aromatic N) is 3. The van der Waals surface area contributed by atoms with E-state index in [-0.39, 0.29) is 11.9 Å². The SMILES string of the molecule is O=C(c1nccs1)N(c1cn[nH]c1)C1CCCNCC1. The van der Waals surface area contributed by atoms with E-state index in [1.165, 1.54) is 11.3 Å². The molecule has 20 heavy (non-hydrogen) atoms. The van der Waals surface area contributed by atoms with Crippen LogP contribution in [0.5, 0.6) is 0 Å². The molecule has 1 unspecified atom stereocenters.